The smallest absolute Gasteiger partial charge is 0.249 e. The van der Waals surface area contributed by atoms with Crippen molar-refractivity contribution in [3.63, 3.8) is 0 Å². The van der Waals surface area contributed by atoms with Gasteiger partial charge in [0.15, 0.2) is 0 Å². The van der Waals surface area contributed by atoms with E-state index in [0.29, 0.717) is 6.42 Å². The second-order valence-electron chi connectivity index (χ2n) is 3.48. The predicted molar refractivity (Wildman–Crippen MR) is 53.4 cm³/mol. The van der Waals surface area contributed by atoms with E-state index >= 15 is 0 Å². The monoisotopic (exact) mass is 187 g/mol. The van der Waals surface area contributed by atoms with Crippen molar-refractivity contribution in [1.29, 1.82) is 0 Å². The first-order chi connectivity index (χ1) is 6.11. The van der Waals surface area contributed by atoms with Crippen molar-refractivity contribution in [2.75, 3.05) is 0 Å². The number of unbranched alkanes of at least 4 members (excludes halogenated alkanes) is 1. The van der Waals surface area contributed by atoms with Crippen LogP contribution in [0.5, 0.6) is 0 Å². The Morgan fingerprint density at radius 2 is 2.08 bits per heavy atom. The lowest BCUT2D eigenvalue weighted by Gasteiger charge is -2.14. The number of aliphatic hydroxyl groups excluding tert-OH is 1. The standard InChI is InChI=1S/C10H21NO2/c1-4-6-7-9(12)10(13)11-8(3)5-2/h8-9,12H,4-7H2,1-3H3,(H,11,13). The Bertz CT molecular complexity index is 148. The van der Waals surface area contributed by atoms with Gasteiger partial charge in [0.1, 0.15) is 6.10 Å². The highest BCUT2D eigenvalue weighted by Crippen LogP contribution is 2.01. The number of hydrogen-bond acceptors (Lipinski definition) is 2. The molecule has 0 fully saturated rings. The van der Waals surface area contributed by atoms with Gasteiger partial charge in [-0.25, -0.2) is 0 Å². The lowest BCUT2D eigenvalue weighted by Crippen LogP contribution is -2.39. The number of aliphatic hydroxyl groups is 1. The Morgan fingerprint density at radius 3 is 2.54 bits per heavy atom. The summed E-state index contributed by atoms with van der Waals surface area (Å²) in [4.78, 5) is 11.3. The highest BCUT2D eigenvalue weighted by Gasteiger charge is 2.15. The van der Waals surface area contributed by atoms with Crippen molar-refractivity contribution in [3.05, 3.63) is 0 Å². The fourth-order valence-corrected chi connectivity index (χ4v) is 0.970. The Balaban J connectivity index is 3.68. The molecule has 2 unspecified atom stereocenters. The molecule has 2 atom stereocenters. The Morgan fingerprint density at radius 1 is 1.46 bits per heavy atom. The van der Waals surface area contributed by atoms with Gasteiger partial charge in [-0.05, 0) is 19.8 Å². The van der Waals surface area contributed by atoms with E-state index in [2.05, 4.69) is 5.32 Å². The summed E-state index contributed by atoms with van der Waals surface area (Å²) in [5, 5.41) is 12.1. The molecule has 78 valence electrons. The average molecular weight is 187 g/mol. The molecule has 3 heteroatoms. The third-order valence-corrected chi connectivity index (χ3v) is 2.13. The molecule has 0 saturated carbocycles. The second kappa shape index (κ2) is 6.89. The van der Waals surface area contributed by atoms with Crippen LogP contribution < -0.4 is 5.32 Å². The lowest BCUT2D eigenvalue weighted by atomic mass is 10.1. The van der Waals surface area contributed by atoms with Crippen LogP contribution >= 0.6 is 0 Å². The number of carbonyl (C=O) groups is 1. The van der Waals surface area contributed by atoms with Crippen LogP contribution in [0.4, 0.5) is 0 Å². The summed E-state index contributed by atoms with van der Waals surface area (Å²) in [5.74, 6) is -0.234. The molecular formula is C10H21NO2. The number of carbonyl (C=O) groups excluding carboxylic acids is 1. The van der Waals surface area contributed by atoms with E-state index < -0.39 is 6.10 Å². The van der Waals surface area contributed by atoms with Crippen LogP contribution in [0.3, 0.4) is 0 Å². The molecular weight excluding hydrogens is 166 g/mol. The van der Waals surface area contributed by atoms with Gasteiger partial charge in [0.05, 0.1) is 0 Å². The van der Waals surface area contributed by atoms with Gasteiger partial charge in [-0.2, -0.15) is 0 Å². The average Bonchev–Trinajstić information content (AvgIpc) is 2.13. The first kappa shape index (κ1) is 12.4. The highest BCUT2D eigenvalue weighted by molar-refractivity contribution is 5.80. The normalized spacial score (nSPS) is 15.1. The lowest BCUT2D eigenvalue weighted by molar-refractivity contribution is -0.130. The summed E-state index contributed by atoms with van der Waals surface area (Å²) < 4.78 is 0. The van der Waals surface area contributed by atoms with Crippen molar-refractivity contribution < 1.29 is 9.90 Å². The molecule has 0 radical (unpaired) electrons. The Kier molecular flexibility index (Phi) is 6.59. The van der Waals surface area contributed by atoms with E-state index in [-0.39, 0.29) is 11.9 Å². The summed E-state index contributed by atoms with van der Waals surface area (Å²) in [6.45, 7) is 5.98. The molecule has 2 N–H and O–H groups in total. The number of hydrogen-bond donors (Lipinski definition) is 2. The minimum absolute atomic E-state index is 0.156. The fourth-order valence-electron chi connectivity index (χ4n) is 0.970. The van der Waals surface area contributed by atoms with Crippen LogP contribution in [-0.4, -0.2) is 23.2 Å². The third-order valence-electron chi connectivity index (χ3n) is 2.13. The summed E-state index contributed by atoms with van der Waals surface area (Å²) in [6.07, 6.45) is 2.54. The molecule has 0 heterocycles. The Labute approximate surface area is 80.5 Å². The molecule has 0 aliphatic heterocycles. The molecule has 0 aliphatic rings. The first-order valence-electron chi connectivity index (χ1n) is 5.10. The van der Waals surface area contributed by atoms with Gasteiger partial charge in [0.25, 0.3) is 0 Å². The molecule has 13 heavy (non-hydrogen) atoms. The van der Waals surface area contributed by atoms with Crippen molar-refractivity contribution in [1.82, 2.24) is 5.32 Å². The molecule has 0 spiro atoms. The van der Waals surface area contributed by atoms with Crippen LogP contribution in [0, 0.1) is 0 Å². The molecule has 0 rings (SSSR count). The van der Waals surface area contributed by atoms with E-state index in [9.17, 15) is 9.90 Å². The summed E-state index contributed by atoms with van der Waals surface area (Å²) in [5.41, 5.74) is 0. The Hall–Kier alpha value is -0.570. The van der Waals surface area contributed by atoms with Crippen LogP contribution in [0.25, 0.3) is 0 Å². The van der Waals surface area contributed by atoms with Gasteiger partial charge in [0.2, 0.25) is 5.91 Å². The maximum absolute atomic E-state index is 11.3. The minimum atomic E-state index is -0.825. The quantitative estimate of drug-likeness (QED) is 0.661. The van der Waals surface area contributed by atoms with Crippen LogP contribution in [0.1, 0.15) is 46.5 Å². The van der Waals surface area contributed by atoms with E-state index in [1.54, 1.807) is 0 Å². The van der Waals surface area contributed by atoms with Crippen LogP contribution in [0.15, 0.2) is 0 Å². The maximum atomic E-state index is 11.3. The van der Waals surface area contributed by atoms with Crippen LogP contribution in [0.2, 0.25) is 0 Å². The molecule has 1 amide bonds. The first-order valence-corrected chi connectivity index (χ1v) is 5.10. The topological polar surface area (TPSA) is 49.3 Å². The zero-order valence-corrected chi connectivity index (χ0v) is 8.84. The molecule has 0 aromatic heterocycles. The largest absolute Gasteiger partial charge is 0.383 e. The molecule has 0 aliphatic carbocycles. The van der Waals surface area contributed by atoms with E-state index in [4.69, 9.17) is 0 Å². The van der Waals surface area contributed by atoms with Gasteiger partial charge in [0, 0.05) is 6.04 Å². The van der Waals surface area contributed by atoms with E-state index in [1.807, 2.05) is 20.8 Å². The van der Waals surface area contributed by atoms with Gasteiger partial charge in [-0.15, -0.1) is 0 Å². The van der Waals surface area contributed by atoms with Crippen molar-refractivity contribution in [2.45, 2.75) is 58.6 Å². The summed E-state index contributed by atoms with van der Waals surface area (Å²) in [7, 11) is 0. The minimum Gasteiger partial charge on any atom is -0.383 e. The van der Waals surface area contributed by atoms with Crippen molar-refractivity contribution in [3.8, 4) is 0 Å². The molecule has 0 bridgehead atoms. The molecule has 0 aromatic carbocycles. The second-order valence-corrected chi connectivity index (χ2v) is 3.48. The number of nitrogens with one attached hydrogen (secondary N) is 1. The molecule has 0 saturated heterocycles. The van der Waals surface area contributed by atoms with Crippen molar-refractivity contribution in [2.24, 2.45) is 0 Å². The SMILES string of the molecule is CCCCC(O)C(=O)NC(C)CC. The number of rotatable bonds is 6. The molecule has 0 aromatic rings. The van der Waals surface area contributed by atoms with Gasteiger partial charge < -0.3 is 10.4 Å². The fraction of sp³-hybridized carbons (Fsp3) is 0.900. The van der Waals surface area contributed by atoms with Gasteiger partial charge >= 0.3 is 0 Å². The third kappa shape index (κ3) is 5.64. The van der Waals surface area contributed by atoms with Crippen molar-refractivity contribution >= 4 is 5.91 Å². The zero-order chi connectivity index (χ0) is 10.3. The van der Waals surface area contributed by atoms with E-state index in [1.165, 1.54) is 0 Å². The maximum Gasteiger partial charge on any atom is 0.249 e. The van der Waals surface area contributed by atoms with Gasteiger partial charge in [-0.1, -0.05) is 26.7 Å². The number of amides is 1. The zero-order valence-electron chi connectivity index (χ0n) is 8.84. The van der Waals surface area contributed by atoms with E-state index in [0.717, 1.165) is 19.3 Å². The van der Waals surface area contributed by atoms with Crippen LogP contribution in [-0.2, 0) is 4.79 Å². The summed E-state index contributed by atoms with van der Waals surface area (Å²) >= 11 is 0. The summed E-state index contributed by atoms with van der Waals surface area (Å²) in [6, 6.07) is 0.156. The molecule has 3 nitrogen and oxygen atoms in total. The van der Waals surface area contributed by atoms with Gasteiger partial charge in [-0.3, -0.25) is 4.79 Å². The predicted octanol–water partition coefficient (Wildman–Crippen LogP) is 1.45. The highest BCUT2D eigenvalue weighted by atomic mass is 16.3.